The van der Waals surface area contributed by atoms with Crippen molar-refractivity contribution in [3.63, 3.8) is 0 Å². The Kier molecular flexibility index (Phi) is 25.9. The summed E-state index contributed by atoms with van der Waals surface area (Å²) in [5, 5.41) is 51.5. The van der Waals surface area contributed by atoms with E-state index in [2.05, 4.69) is 80.7 Å². The normalized spacial score (nSPS) is 13.0. The van der Waals surface area contributed by atoms with Crippen molar-refractivity contribution in [1.29, 1.82) is 5.26 Å². The Balaban J connectivity index is 1.49. The molecule has 5 rings (SSSR count). The monoisotopic (exact) mass is 1120 g/mol. The number of amides is 2. The second-order valence-corrected chi connectivity index (χ2v) is 21.9. The first kappa shape index (κ1) is 65.1. The number of benzene rings is 3. The molecule has 2 heterocycles. The molecule has 0 spiro atoms. The van der Waals surface area contributed by atoms with E-state index >= 15 is 0 Å². The number of aromatic nitrogens is 2. The number of pyridine rings is 2. The molecule has 438 valence electrons. The lowest BCUT2D eigenvalue weighted by Crippen LogP contribution is -2.39. The van der Waals surface area contributed by atoms with Crippen molar-refractivity contribution in [3.8, 4) is 29.2 Å². The summed E-state index contributed by atoms with van der Waals surface area (Å²) in [6, 6.07) is 21.2. The summed E-state index contributed by atoms with van der Waals surface area (Å²) in [6.07, 6.45) is 16.8. The molecule has 3 aromatic carbocycles. The van der Waals surface area contributed by atoms with Crippen molar-refractivity contribution in [2.24, 2.45) is 44.1 Å². The van der Waals surface area contributed by atoms with E-state index in [-0.39, 0.29) is 56.9 Å². The van der Waals surface area contributed by atoms with Crippen molar-refractivity contribution >= 4 is 40.3 Å². The zero-order valence-corrected chi connectivity index (χ0v) is 50.4. The predicted molar refractivity (Wildman–Crippen MR) is 328 cm³/mol. The third kappa shape index (κ3) is 16.7. The lowest BCUT2D eigenvalue weighted by molar-refractivity contribution is 0.0678. The minimum atomic E-state index is -0.841. The van der Waals surface area contributed by atoms with Gasteiger partial charge in [-0.15, -0.1) is 10.2 Å². The van der Waals surface area contributed by atoms with E-state index < -0.39 is 22.9 Å². The van der Waals surface area contributed by atoms with Crippen LogP contribution < -0.4 is 11.1 Å². The Labute approximate surface area is 486 Å². The number of carbonyl (C=O) groups is 2. The molecular formula is C66H88N10O6. The van der Waals surface area contributed by atoms with E-state index in [1.807, 2.05) is 15.9 Å². The van der Waals surface area contributed by atoms with Crippen molar-refractivity contribution in [2.45, 2.75) is 172 Å². The molecule has 16 nitrogen and oxygen atoms in total. The third-order valence-electron chi connectivity index (χ3n) is 16.1. The molecular weight excluding hydrogens is 1030 g/mol. The summed E-state index contributed by atoms with van der Waals surface area (Å²) in [6.45, 7) is 31.0. The van der Waals surface area contributed by atoms with Crippen molar-refractivity contribution in [1.82, 2.24) is 18.9 Å². The van der Waals surface area contributed by atoms with Crippen LogP contribution in [0.3, 0.4) is 0 Å². The number of nitrogens with zero attached hydrogens (tertiary/aromatic N) is 10. The van der Waals surface area contributed by atoms with Gasteiger partial charge in [-0.25, -0.2) is 9.41 Å². The van der Waals surface area contributed by atoms with Crippen LogP contribution in [0.25, 0.3) is 16.2 Å². The quantitative estimate of drug-likeness (QED) is 0.0315. The Morgan fingerprint density at radius 2 is 0.915 bits per heavy atom. The molecule has 0 saturated heterocycles. The standard InChI is InChI=1S/C66H88N10O6/c1-12-20-26-47(16-5)41-73(42-48(17-6)27-21-13-2)61(77)51-30-24-32-53(38-51)69-71-59-45(9)57(40-67)63(79)75(65(59)81)55-34-36-56(37-35-55)76-64(80)58(68-11)46(10)60(66(76)82)72-70-54-33-25-31-52(39-54)62(78)74(43-49(18-7)28-22-14-3)44-50(19-8)29-23-15-4/h24-25,30-39,47-50,81-82H,12-23,26-29,41-44H2,1-10H3. The molecule has 16 heteroatoms. The highest BCUT2D eigenvalue weighted by atomic mass is 16.3. The molecule has 5 aromatic rings. The number of aromatic hydroxyl groups is 2. The van der Waals surface area contributed by atoms with E-state index in [1.54, 1.807) is 48.5 Å². The van der Waals surface area contributed by atoms with Gasteiger partial charge in [-0.05, 0) is 129 Å². The van der Waals surface area contributed by atoms with Gasteiger partial charge in [0.1, 0.15) is 17.3 Å². The summed E-state index contributed by atoms with van der Waals surface area (Å²) in [4.78, 5) is 64.1. The van der Waals surface area contributed by atoms with Crippen LogP contribution in [-0.4, -0.2) is 67.1 Å². The molecule has 0 fully saturated rings. The lowest BCUT2D eigenvalue weighted by atomic mass is 9.95. The first-order valence-electron chi connectivity index (χ1n) is 30.1. The van der Waals surface area contributed by atoms with Crippen LogP contribution in [-0.2, 0) is 0 Å². The molecule has 0 radical (unpaired) electrons. The smallest absolute Gasteiger partial charge is 0.276 e. The van der Waals surface area contributed by atoms with Gasteiger partial charge >= 0.3 is 0 Å². The highest BCUT2D eigenvalue weighted by Crippen LogP contribution is 2.38. The van der Waals surface area contributed by atoms with Gasteiger partial charge < -0.3 is 20.0 Å². The predicted octanol–water partition coefficient (Wildman–Crippen LogP) is 17.0. The van der Waals surface area contributed by atoms with E-state index in [0.29, 0.717) is 72.4 Å². The lowest BCUT2D eigenvalue weighted by Gasteiger charge is -2.31. The zero-order chi connectivity index (χ0) is 59.9. The highest BCUT2D eigenvalue weighted by Gasteiger charge is 2.27. The van der Waals surface area contributed by atoms with E-state index in [0.717, 1.165) is 112 Å². The molecule has 82 heavy (non-hydrogen) atoms. The Morgan fingerprint density at radius 3 is 1.24 bits per heavy atom. The fourth-order valence-electron chi connectivity index (χ4n) is 10.6. The Morgan fingerprint density at radius 1 is 0.561 bits per heavy atom. The van der Waals surface area contributed by atoms with Crippen LogP contribution in [0.4, 0.5) is 28.4 Å². The van der Waals surface area contributed by atoms with Crippen LogP contribution in [0.5, 0.6) is 11.8 Å². The largest absolute Gasteiger partial charge is 0.493 e. The molecule has 2 N–H and O–H groups in total. The van der Waals surface area contributed by atoms with Crippen molar-refractivity contribution < 1.29 is 19.8 Å². The number of unbranched alkanes of at least 4 members (excludes halogenated alkanes) is 4. The number of rotatable bonds is 32. The van der Waals surface area contributed by atoms with Gasteiger partial charge in [0.2, 0.25) is 11.8 Å². The number of hydrogen-bond acceptors (Lipinski definition) is 11. The second-order valence-electron chi connectivity index (χ2n) is 21.9. The molecule has 0 bridgehead atoms. The molecule has 0 aliphatic rings. The summed E-state index contributed by atoms with van der Waals surface area (Å²) in [7, 11) is 0. The van der Waals surface area contributed by atoms with Gasteiger partial charge in [-0.3, -0.25) is 23.7 Å². The van der Waals surface area contributed by atoms with Gasteiger partial charge in [0, 0.05) is 42.9 Å². The maximum absolute atomic E-state index is 14.4. The van der Waals surface area contributed by atoms with Gasteiger partial charge in [0.15, 0.2) is 5.69 Å². The number of hydrogen-bond donors (Lipinski definition) is 2. The van der Waals surface area contributed by atoms with Crippen LogP contribution in [0.2, 0.25) is 0 Å². The van der Waals surface area contributed by atoms with Crippen molar-refractivity contribution in [2.75, 3.05) is 26.2 Å². The van der Waals surface area contributed by atoms with Crippen LogP contribution in [0.1, 0.15) is 196 Å². The maximum Gasteiger partial charge on any atom is 0.276 e. The third-order valence-corrected chi connectivity index (χ3v) is 16.1. The number of nitriles is 1. The summed E-state index contributed by atoms with van der Waals surface area (Å²) >= 11 is 0. The van der Waals surface area contributed by atoms with Crippen LogP contribution >= 0.6 is 0 Å². The molecule has 4 unspecified atom stereocenters. The van der Waals surface area contributed by atoms with Gasteiger partial charge in [-0.2, -0.15) is 15.5 Å². The van der Waals surface area contributed by atoms with Gasteiger partial charge in [0.05, 0.1) is 29.3 Å². The molecule has 2 aromatic heterocycles. The molecule has 0 aliphatic heterocycles. The van der Waals surface area contributed by atoms with Gasteiger partial charge in [-0.1, -0.05) is 145 Å². The van der Waals surface area contributed by atoms with Crippen molar-refractivity contribution in [3.05, 3.63) is 133 Å². The fourth-order valence-corrected chi connectivity index (χ4v) is 10.6. The number of carbonyl (C=O) groups excluding carboxylic acids is 2. The molecule has 4 atom stereocenters. The topological polar surface area (TPSA) is 203 Å². The maximum atomic E-state index is 14.4. The average molecular weight is 1120 g/mol. The molecule has 0 aliphatic carbocycles. The summed E-state index contributed by atoms with van der Waals surface area (Å²) < 4.78 is 1.80. The first-order valence-corrected chi connectivity index (χ1v) is 30.1. The van der Waals surface area contributed by atoms with Crippen LogP contribution in [0, 0.1) is 55.4 Å². The highest BCUT2D eigenvalue weighted by molar-refractivity contribution is 5.95. The minimum Gasteiger partial charge on any atom is -0.493 e. The summed E-state index contributed by atoms with van der Waals surface area (Å²) in [5.74, 6) is 0.0808. The van der Waals surface area contributed by atoms with E-state index in [1.165, 1.54) is 38.1 Å². The fraction of sp³-hybridized carbons (Fsp3) is 0.515. The average Bonchev–Trinajstić information content (AvgIpc) is 3.68. The summed E-state index contributed by atoms with van der Waals surface area (Å²) in [5.41, 5.74) is -0.697. The second kappa shape index (κ2) is 32.7. The zero-order valence-electron chi connectivity index (χ0n) is 50.4. The Hall–Kier alpha value is -7.72. The first-order chi connectivity index (χ1) is 39.6. The number of azo groups is 2. The van der Waals surface area contributed by atoms with E-state index in [9.17, 15) is 34.7 Å². The Bertz CT molecular complexity index is 2950. The minimum absolute atomic E-state index is 0.0795. The SMILES string of the molecule is [C-]#[N+]c1c(C)c(N=Nc2cccc(C(=O)N(CC(CC)CCCC)CC(CC)CCCC)c2)c(O)n(-c2ccc(-n3c(O)c(N=Nc4cccc(C(=O)N(CC(CC)CCCC)CC(CC)CCCC)c4)c(C)c(C#N)c3=O)cc2)c1=O. The molecule has 2 amide bonds. The molecule has 0 saturated carbocycles. The van der Waals surface area contributed by atoms with Crippen LogP contribution in [0.15, 0.2) is 103 Å². The van der Waals surface area contributed by atoms with E-state index in [4.69, 9.17) is 6.57 Å². The van der Waals surface area contributed by atoms with Gasteiger partial charge in [0.25, 0.3) is 28.6 Å².